The van der Waals surface area contributed by atoms with E-state index >= 15 is 0 Å². The molecule has 0 bridgehead atoms. The smallest absolute Gasteiger partial charge is 0.0634 e. The monoisotopic (exact) mass is 249 g/mol. The van der Waals surface area contributed by atoms with Crippen LogP contribution in [0.5, 0.6) is 0 Å². The van der Waals surface area contributed by atoms with Crippen molar-refractivity contribution in [3.05, 3.63) is 35.9 Å². The first-order valence-electron chi connectivity index (χ1n) is 6.92. The van der Waals surface area contributed by atoms with Crippen LogP contribution in [0.3, 0.4) is 0 Å². The van der Waals surface area contributed by atoms with Crippen molar-refractivity contribution in [1.29, 1.82) is 0 Å². The third-order valence-corrected chi connectivity index (χ3v) is 3.45. The molecular formula is C16H27NO. The highest BCUT2D eigenvalue weighted by atomic mass is 16.5. The molecule has 1 N–H and O–H groups in total. The summed E-state index contributed by atoms with van der Waals surface area (Å²) in [6.45, 7) is 7.48. The van der Waals surface area contributed by atoms with Gasteiger partial charge in [-0.15, -0.1) is 0 Å². The Kier molecular flexibility index (Phi) is 6.37. The summed E-state index contributed by atoms with van der Waals surface area (Å²) in [5, 5.41) is 3.65. The third-order valence-electron chi connectivity index (χ3n) is 3.45. The van der Waals surface area contributed by atoms with Crippen molar-refractivity contribution >= 4 is 0 Å². The van der Waals surface area contributed by atoms with Gasteiger partial charge in [-0.3, -0.25) is 0 Å². The summed E-state index contributed by atoms with van der Waals surface area (Å²) in [6.07, 6.45) is 3.40. The fraction of sp³-hybridized carbons (Fsp3) is 0.625. The van der Waals surface area contributed by atoms with Crippen LogP contribution < -0.4 is 5.32 Å². The van der Waals surface area contributed by atoms with E-state index in [1.54, 1.807) is 7.11 Å². The van der Waals surface area contributed by atoms with Crippen LogP contribution >= 0.6 is 0 Å². The normalized spacial score (nSPS) is 13.6. The number of ether oxygens (including phenoxy) is 1. The van der Waals surface area contributed by atoms with Crippen molar-refractivity contribution in [3.63, 3.8) is 0 Å². The minimum absolute atomic E-state index is 0.0412. The second-order valence-electron chi connectivity index (χ2n) is 5.42. The highest BCUT2D eigenvalue weighted by Gasteiger charge is 2.17. The van der Waals surface area contributed by atoms with E-state index in [2.05, 4.69) is 56.4 Å². The fourth-order valence-corrected chi connectivity index (χ4v) is 2.01. The van der Waals surface area contributed by atoms with Crippen LogP contribution in [0.15, 0.2) is 30.3 Å². The molecule has 0 aliphatic rings. The first-order chi connectivity index (χ1) is 8.59. The molecule has 0 amide bonds. The SMILES string of the molecule is CCCC(NCCC(C)(C)OC)c1ccccc1. The van der Waals surface area contributed by atoms with Crippen molar-refractivity contribution in [2.24, 2.45) is 0 Å². The summed E-state index contributed by atoms with van der Waals surface area (Å²) in [6, 6.07) is 11.2. The molecule has 0 spiro atoms. The molecule has 2 heteroatoms. The maximum Gasteiger partial charge on any atom is 0.0634 e. The first-order valence-corrected chi connectivity index (χ1v) is 6.92. The van der Waals surface area contributed by atoms with Crippen molar-refractivity contribution in [2.45, 2.75) is 51.7 Å². The van der Waals surface area contributed by atoms with E-state index in [4.69, 9.17) is 4.74 Å². The molecule has 0 radical (unpaired) electrons. The minimum atomic E-state index is -0.0412. The average Bonchev–Trinajstić information content (AvgIpc) is 2.39. The Bertz CT molecular complexity index is 321. The Morgan fingerprint density at radius 3 is 2.44 bits per heavy atom. The van der Waals surface area contributed by atoms with E-state index in [1.807, 2.05) is 0 Å². The molecule has 0 saturated heterocycles. The maximum atomic E-state index is 5.45. The number of nitrogens with one attached hydrogen (secondary N) is 1. The van der Waals surface area contributed by atoms with E-state index in [0.29, 0.717) is 6.04 Å². The summed E-state index contributed by atoms with van der Waals surface area (Å²) in [7, 11) is 1.78. The van der Waals surface area contributed by atoms with E-state index in [-0.39, 0.29) is 5.60 Å². The van der Waals surface area contributed by atoms with Crippen LogP contribution in [-0.4, -0.2) is 19.3 Å². The third kappa shape index (κ3) is 5.19. The lowest BCUT2D eigenvalue weighted by atomic mass is 10.0. The molecule has 0 aliphatic carbocycles. The predicted octanol–water partition coefficient (Wildman–Crippen LogP) is 3.93. The molecule has 0 aliphatic heterocycles. The number of hydrogen-bond donors (Lipinski definition) is 1. The molecule has 0 fully saturated rings. The number of methoxy groups -OCH3 is 1. The second-order valence-corrected chi connectivity index (χ2v) is 5.42. The van der Waals surface area contributed by atoms with Gasteiger partial charge in [-0.05, 0) is 38.8 Å². The Balaban J connectivity index is 2.49. The van der Waals surface area contributed by atoms with E-state index in [9.17, 15) is 0 Å². The van der Waals surface area contributed by atoms with Crippen LogP contribution in [0.25, 0.3) is 0 Å². The van der Waals surface area contributed by atoms with Crippen molar-refractivity contribution in [1.82, 2.24) is 5.32 Å². The number of rotatable bonds is 8. The van der Waals surface area contributed by atoms with Crippen LogP contribution in [0.2, 0.25) is 0 Å². The van der Waals surface area contributed by atoms with Gasteiger partial charge in [0.2, 0.25) is 0 Å². The molecule has 0 saturated carbocycles. The molecular weight excluding hydrogens is 222 g/mol. The van der Waals surface area contributed by atoms with E-state index in [1.165, 1.54) is 18.4 Å². The van der Waals surface area contributed by atoms with Gasteiger partial charge in [0.05, 0.1) is 5.60 Å². The van der Waals surface area contributed by atoms with Gasteiger partial charge in [0.25, 0.3) is 0 Å². The van der Waals surface area contributed by atoms with Crippen LogP contribution in [0, 0.1) is 0 Å². The lowest BCUT2D eigenvalue weighted by molar-refractivity contribution is 0.0153. The fourth-order valence-electron chi connectivity index (χ4n) is 2.01. The van der Waals surface area contributed by atoms with Gasteiger partial charge in [0.1, 0.15) is 0 Å². The summed E-state index contributed by atoms with van der Waals surface area (Å²) < 4.78 is 5.45. The van der Waals surface area contributed by atoms with Gasteiger partial charge in [-0.1, -0.05) is 43.7 Å². The quantitative estimate of drug-likeness (QED) is 0.753. The number of hydrogen-bond acceptors (Lipinski definition) is 2. The second kappa shape index (κ2) is 7.55. The van der Waals surface area contributed by atoms with Gasteiger partial charge < -0.3 is 10.1 Å². The topological polar surface area (TPSA) is 21.3 Å². The van der Waals surface area contributed by atoms with Crippen molar-refractivity contribution in [2.75, 3.05) is 13.7 Å². The van der Waals surface area contributed by atoms with Crippen molar-refractivity contribution < 1.29 is 4.74 Å². The maximum absolute atomic E-state index is 5.45. The molecule has 1 aromatic carbocycles. The van der Waals surface area contributed by atoms with Gasteiger partial charge >= 0.3 is 0 Å². The molecule has 1 atom stereocenters. The van der Waals surface area contributed by atoms with Crippen LogP contribution in [0.4, 0.5) is 0 Å². The Labute approximate surface area is 112 Å². The molecule has 1 aromatic rings. The van der Waals surface area contributed by atoms with Gasteiger partial charge in [-0.25, -0.2) is 0 Å². The number of benzene rings is 1. The van der Waals surface area contributed by atoms with Crippen LogP contribution in [0.1, 0.15) is 51.6 Å². The van der Waals surface area contributed by atoms with Gasteiger partial charge in [0, 0.05) is 13.2 Å². The lowest BCUT2D eigenvalue weighted by Crippen LogP contribution is -2.31. The highest BCUT2D eigenvalue weighted by molar-refractivity contribution is 5.18. The van der Waals surface area contributed by atoms with E-state index < -0.39 is 0 Å². The largest absolute Gasteiger partial charge is 0.379 e. The highest BCUT2D eigenvalue weighted by Crippen LogP contribution is 2.19. The summed E-state index contributed by atoms with van der Waals surface area (Å²) in [5.41, 5.74) is 1.34. The summed E-state index contributed by atoms with van der Waals surface area (Å²) in [5.74, 6) is 0. The molecule has 102 valence electrons. The lowest BCUT2D eigenvalue weighted by Gasteiger charge is -2.25. The zero-order valence-corrected chi connectivity index (χ0v) is 12.2. The van der Waals surface area contributed by atoms with Crippen LogP contribution in [-0.2, 0) is 4.74 Å². The molecule has 18 heavy (non-hydrogen) atoms. The Morgan fingerprint density at radius 2 is 1.89 bits per heavy atom. The molecule has 2 nitrogen and oxygen atoms in total. The molecule has 0 heterocycles. The summed E-state index contributed by atoms with van der Waals surface area (Å²) in [4.78, 5) is 0. The van der Waals surface area contributed by atoms with Crippen molar-refractivity contribution in [3.8, 4) is 0 Å². The average molecular weight is 249 g/mol. The Morgan fingerprint density at radius 1 is 1.22 bits per heavy atom. The van der Waals surface area contributed by atoms with E-state index in [0.717, 1.165) is 13.0 Å². The zero-order valence-electron chi connectivity index (χ0n) is 12.2. The minimum Gasteiger partial charge on any atom is -0.379 e. The predicted molar refractivity (Wildman–Crippen MR) is 77.8 cm³/mol. The standard InChI is InChI=1S/C16H27NO/c1-5-9-15(14-10-7-6-8-11-14)17-13-12-16(2,3)18-4/h6-8,10-11,15,17H,5,9,12-13H2,1-4H3. The first kappa shape index (κ1) is 15.2. The molecule has 1 rings (SSSR count). The zero-order chi connectivity index (χ0) is 13.4. The van der Waals surface area contributed by atoms with Gasteiger partial charge in [0.15, 0.2) is 0 Å². The van der Waals surface area contributed by atoms with Gasteiger partial charge in [-0.2, -0.15) is 0 Å². The molecule has 1 unspecified atom stereocenters. The summed E-state index contributed by atoms with van der Waals surface area (Å²) >= 11 is 0. The molecule has 0 aromatic heterocycles. The Hall–Kier alpha value is -0.860.